The van der Waals surface area contributed by atoms with Crippen LogP contribution in [-0.2, 0) is 4.79 Å². The van der Waals surface area contributed by atoms with E-state index in [0.29, 0.717) is 22.2 Å². The smallest absolute Gasteiger partial charge is 0.253 e. The van der Waals surface area contributed by atoms with Gasteiger partial charge in [-0.1, -0.05) is 36.7 Å². The van der Waals surface area contributed by atoms with Gasteiger partial charge in [0, 0.05) is 35.4 Å². The fourth-order valence-electron chi connectivity index (χ4n) is 3.18. The second-order valence-corrected chi connectivity index (χ2v) is 8.17. The molecule has 156 valence electrons. The van der Waals surface area contributed by atoms with Gasteiger partial charge in [0.25, 0.3) is 5.91 Å². The number of carbonyl (C=O) groups excluding carboxylic acids is 2. The molecule has 1 saturated heterocycles. The summed E-state index contributed by atoms with van der Waals surface area (Å²) >= 11 is 11.3. The van der Waals surface area contributed by atoms with Crippen molar-refractivity contribution >= 4 is 52.5 Å². The molecule has 0 aliphatic carbocycles. The van der Waals surface area contributed by atoms with Crippen LogP contribution in [0.1, 0.15) is 35.7 Å². The Morgan fingerprint density at radius 3 is 2.43 bits per heavy atom. The Morgan fingerprint density at radius 1 is 1.10 bits per heavy atom. The Bertz CT molecular complexity index is 951. The van der Waals surface area contributed by atoms with Crippen LogP contribution < -0.4 is 10.6 Å². The summed E-state index contributed by atoms with van der Waals surface area (Å²) in [6.45, 7) is 3.83. The first-order chi connectivity index (χ1) is 14.4. The molecule has 0 aromatic heterocycles. The fraction of sp³-hybridized carbons (Fsp3) is 0.261. The Labute approximate surface area is 187 Å². The Hall–Kier alpha value is -2.70. The SMILES string of the molecule is CC1CCN(C(=O)c2ccc(NC(=S)NC(=O)/C=C/c3ccccc3Cl)cc2)CC1. The minimum atomic E-state index is -0.362. The quantitative estimate of drug-likeness (QED) is 0.531. The largest absolute Gasteiger partial charge is 0.339 e. The highest BCUT2D eigenvalue weighted by Crippen LogP contribution is 2.19. The number of thiocarbonyl (C=S) groups is 1. The molecule has 0 unspecified atom stereocenters. The summed E-state index contributed by atoms with van der Waals surface area (Å²) in [6, 6.07) is 14.3. The maximum Gasteiger partial charge on any atom is 0.253 e. The lowest BCUT2D eigenvalue weighted by molar-refractivity contribution is -0.115. The van der Waals surface area contributed by atoms with E-state index in [9.17, 15) is 9.59 Å². The molecule has 1 aliphatic rings. The zero-order valence-corrected chi connectivity index (χ0v) is 18.3. The maximum atomic E-state index is 12.6. The molecule has 3 rings (SSSR count). The lowest BCUT2D eigenvalue weighted by Crippen LogP contribution is -2.37. The lowest BCUT2D eigenvalue weighted by Gasteiger charge is -2.30. The Balaban J connectivity index is 1.51. The third kappa shape index (κ3) is 6.15. The summed E-state index contributed by atoms with van der Waals surface area (Å²) in [5.41, 5.74) is 2.09. The molecule has 0 spiro atoms. The first-order valence-electron chi connectivity index (χ1n) is 9.86. The molecule has 7 heteroatoms. The van der Waals surface area contributed by atoms with Crippen LogP contribution in [0.15, 0.2) is 54.6 Å². The average molecular weight is 442 g/mol. The second kappa shape index (κ2) is 10.4. The maximum absolute atomic E-state index is 12.6. The molecular weight excluding hydrogens is 418 g/mol. The summed E-state index contributed by atoms with van der Waals surface area (Å²) in [7, 11) is 0. The molecule has 1 heterocycles. The molecule has 0 bridgehead atoms. The number of likely N-dealkylation sites (tertiary alicyclic amines) is 1. The molecule has 1 aliphatic heterocycles. The monoisotopic (exact) mass is 441 g/mol. The van der Waals surface area contributed by atoms with Crippen molar-refractivity contribution in [3.05, 3.63) is 70.8 Å². The number of benzene rings is 2. The van der Waals surface area contributed by atoms with Gasteiger partial charge in [0.05, 0.1) is 0 Å². The van der Waals surface area contributed by atoms with Crippen molar-refractivity contribution in [3.8, 4) is 0 Å². The van der Waals surface area contributed by atoms with E-state index in [1.807, 2.05) is 23.1 Å². The predicted molar refractivity (Wildman–Crippen MR) is 126 cm³/mol. The number of hydrogen-bond acceptors (Lipinski definition) is 3. The number of carbonyl (C=O) groups is 2. The number of nitrogens with zero attached hydrogens (tertiary/aromatic N) is 1. The zero-order chi connectivity index (χ0) is 21.5. The summed E-state index contributed by atoms with van der Waals surface area (Å²) in [6.07, 6.45) is 5.09. The van der Waals surface area contributed by atoms with Crippen LogP contribution in [-0.4, -0.2) is 34.9 Å². The number of anilines is 1. The average Bonchev–Trinajstić information content (AvgIpc) is 2.73. The van der Waals surface area contributed by atoms with Crippen molar-refractivity contribution in [1.82, 2.24) is 10.2 Å². The van der Waals surface area contributed by atoms with Crippen molar-refractivity contribution in [2.75, 3.05) is 18.4 Å². The van der Waals surface area contributed by atoms with E-state index in [1.54, 1.807) is 36.4 Å². The number of piperidine rings is 1. The molecule has 2 N–H and O–H groups in total. The molecule has 0 radical (unpaired) electrons. The first-order valence-corrected chi connectivity index (χ1v) is 10.6. The van der Waals surface area contributed by atoms with E-state index < -0.39 is 0 Å². The topological polar surface area (TPSA) is 61.4 Å². The van der Waals surface area contributed by atoms with Crippen molar-refractivity contribution < 1.29 is 9.59 Å². The molecule has 30 heavy (non-hydrogen) atoms. The van der Waals surface area contributed by atoms with Gasteiger partial charge in [-0.2, -0.15) is 0 Å². The van der Waals surface area contributed by atoms with Gasteiger partial charge in [-0.15, -0.1) is 0 Å². The first kappa shape index (κ1) is 22.0. The third-order valence-electron chi connectivity index (χ3n) is 5.02. The van der Waals surface area contributed by atoms with Crippen molar-refractivity contribution in [1.29, 1.82) is 0 Å². The van der Waals surface area contributed by atoms with E-state index in [2.05, 4.69) is 17.6 Å². The minimum absolute atomic E-state index is 0.0500. The normalized spacial score (nSPS) is 14.5. The van der Waals surface area contributed by atoms with E-state index in [-0.39, 0.29) is 16.9 Å². The van der Waals surface area contributed by atoms with E-state index in [4.69, 9.17) is 23.8 Å². The molecule has 2 aromatic carbocycles. The molecule has 0 saturated carbocycles. The van der Waals surface area contributed by atoms with Gasteiger partial charge in [0.1, 0.15) is 0 Å². The number of hydrogen-bond donors (Lipinski definition) is 2. The van der Waals surface area contributed by atoms with Crippen LogP contribution in [0.25, 0.3) is 6.08 Å². The molecule has 5 nitrogen and oxygen atoms in total. The zero-order valence-electron chi connectivity index (χ0n) is 16.7. The van der Waals surface area contributed by atoms with Gasteiger partial charge in [0.2, 0.25) is 5.91 Å². The van der Waals surface area contributed by atoms with Crippen LogP contribution >= 0.6 is 23.8 Å². The lowest BCUT2D eigenvalue weighted by atomic mass is 9.98. The third-order valence-corrected chi connectivity index (χ3v) is 5.57. The molecular formula is C23H24ClN3O2S. The van der Waals surface area contributed by atoms with Gasteiger partial charge in [0.15, 0.2) is 5.11 Å². The van der Waals surface area contributed by atoms with Crippen molar-refractivity contribution in [3.63, 3.8) is 0 Å². The van der Waals surface area contributed by atoms with Gasteiger partial charge < -0.3 is 10.2 Å². The molecule has 2 amide bonds. The van der Waals surface area contributed by atoms with Crippen LogP contribution in [0, 0.1) is 5.92 Å². The fourth-order valence-corrected chi connectivity index (χ4v) is 3.60. The summed E-state index contributed by atoms with van der Waals surface area (Å²) in [4.78, 5) is 26.6. The standard InChI is InChI=1S/C23H24ClN3O2S/c1-16-12-14-27(15-13-16)22(29)18-6-9-19(10-7-18)25-23(30)26-21(28)11-8-17-4-2-3-5-20(17)24/h2-11,16H,12-15H2,1H3,(H2,25,26,28,30)/b11-8+. The summed E-state index contributed by atoms with van der Waals surface area (Å²) < 4.78 is 0. The van der Waals surface area contributed by atoms with Crippen LogP contribution in [0.3, 0.4) is 0 Å². The molecule has 0 atom stereocenters. The Kier molecular flexibility index (Phi) is 7.60. The minimum Gasteiger partial charge on any atom is -0.339 e. The highest BCUT2D eigenvalue weighted by atomic mass is 35.5. The summed E-state index contributed by atoms with van der Waals surface area (Å²) in [5, 5.41) is 6.28. The van der Waals surface area contributed by atoms with Crippen molar-refractivity contribution in [2.24, 2.45) is 5.92 Å². The van der Waals surface area contributed by atoms with E-state index in [0.717, 1.165) is 31.5 Å². The number of amides is 2. The van der Waals surface area contributed by atoms with Crippen LogP contribution in [0.5, 0.6) is 0 Å². The van der Waals surface area contributed by atoms with Gasteiger partial charge >= 0.3 is 0 Å². The van der Waals surface area contributed by atoms with Crippen molar-refractivity contribution in [2.45, 2.75) is 19.8 Å². The number of nitrogens with one attached hydrogen (secondary N) is 2. The molecule has 1 fully saturated rings. The Morgan fingerprint density at radius 2 is 1.77 bits per heavy atom. The second-order valence-electron chi connectivity index (χ2n) is 7.35. The van der Waals surface area contributed by atoms with E-state index in [1.165, 1.54) is 6.08 Å². The number of rotatable bonds is 4. The van der Waals surface area contributed by atoms with Crippen LogP contribution in [0.2, 0.25) is 5.02 Å². The number of halogens is 1. The van der Waals surface area contributed by atoms with E-state index >= 15 is 0 Å². The molecule has 2 aromatic rings. The van der Waals surface area contributed by atoms with Crippen LogP contribution in [0.4, 0.5) is 5.69 Å². The highest BCUT2D eigenvalue weighted by Gasteiger charge is 2.21. The summed E-state index contributed by atoms with van der Waals surface area (Å²) in [5.74, 6) is 0.365. The van der Waals surface area contributed by atoms with Gasteiger partial charge in [-0.3, -0.25) is 14.9 Å². The van der Waals surface area contributed by atoms with Gasteiger partial charge in [-0.25, -0.2) is 0 Å². The highest BCUT2D eigenvalue weighted by molar-refractivity contribution is 7.80. The van der Waals surface area contributed by atoms with Gasteiger partial charge in [-0.05, 0) is 72.9 Å². The predicted octanol–water partition coefficient (Wildman–Crippen LogP) is 4.74.